The molecule has 0 aliphatic carbocycles. The molecule has 0 aliphatic rings. The van der Waals surface area contributed by atoms with E-state index >= 15 is 0 Å². The van der Waals surface area contributed by atoms with Gasteiger partial charge in [-0.15, -0.1) is 0 Å². The van der Waals surface area contributed by atoms with Gasteiger partial charge in [-0.25, -0.2) is 0 Å². The van der Waals surface area contributed by atoms with Crippen LogP contribution in [0.4, 0.5) is 0 Å². The maximum absolute atomic E-state index is 12.9. The van der Waals surface area contributed by atoms with Crippen LogP contribution in [0.25, 0.3) is 0 Å². The molecule has 0 radical (unpaired) electrons. The second-order valence-electron chi connectivity index (χ2n) is 20.6. The first-order valence-corrected chi connectivity index (χ1v) is 31.1. The molecule has 0 heterocycles. The summed E-state index contributed by atoms with van der Waals surface area (Å²) in [5, 5.41) is 0. The number of carbonyl (C=O) groups excluding carboxylic acids is 3. The highest BCUT2D eigenvalue weighted by atomic mass is 16.6. The SMILES string of the molecule is CC/C=C\C/C=C\C/C=C\C/C=C\CCC(=O)OCC(COC(=O)CCCCCCCCCCCCCCCCC/C=C\C/C=C\CCCCCCC)OC(=O)CCCCCCC/C=C\CCCCCCCC. The highest BCUT2D eigenvalue weighted by Gasteiger charge is 2.19. The monoisotopic (exact) mass is 1020 g/mol. The number of esters is 3. The Kier molecular flexibility index (Phi) is 58.3. The number of rotatable bonds is 56. The van der Waals surface area contributed by atoms with Gasteiger partial charge in [0.2, 0.25) is 0 Å². The molecule has 1 unspecified atom stereocenters. The lowest BCUT2D eigenvalue weighted by atomic mass is 10.0. The van der Waals surface area contributed by atoms with Crippen LogP contribution in [0.15, 0.2) is 85.1 Å². The van der Waals surface area contributed by atoms with E-state index in [4.69, 9.17) is 14.2 Å². The molecule has 420 valence electrons. The highest BCUT2D eigenvalue weighted by Crippen LogP contribution is 2.16. The van der Waals surface area contributed by atoms with Crippen molar-refractivity contribution in [3.8, 4) is 0 Å². The fourth-order valence-corrected chi connectivity index (χ4v) is 8.72. The summed E-state index contributed by atoms with van der Waals surface area (Å²) >= 11 is 0. The number of carbonyl (C=O) groups is 3. The Morgan fingerprint density at radius 1 is 0.288 bits per heavy atom. The summed E-state index contributed by atoms with van der Waals surface area (Å²) in [4.78, 5) is 38.1. The predicted molar refractivity (Wildman–Crippen MR) is 316 cm³/mol. The highest BCUT2D eigenvalue weighted by molar-refractivity contribution is 5.71. The van der Waals surface area contributed by atoms with Gasteiger partial charge in [0.1, 0.15) is 13.2 Å². The van der Waals surface area contributed by atoms with Crippen molar-refractivity contribution in [3.63, 3.8) is 0 Å². The van der Waals surface area contributed by atoms with Crippen LogP contribution in [0, 0.1) is 0 Å². The standard InChI is InChI=1S/C67H116O6/c1-4-7-10-13-16-19-22-25-27-28-29-30-31-32-33-34-35-36-37-38-40-42-45-48-51-54-57-60-66(69)72-63-64(62-71-65(68)59-56-53-50-47-44-41-24-21-18-15-12-9-6-3)73-67(70)61-58-55-52-49-46-43-39-26-23-20-17-14-11-8-5-2/h9,12,18,21-22,25-26,28-29,39,41,44,50,53,64H,4-8,10-11,13-17,19-20,23-24,27,30-38,40,42-43,45-49,51-52,54-63H2,1-3H3/b12-9-,21-18-,25-22-,29-28-,39-26-,44-41-,53-50-. The van der Waals surface area contributed by atoms with Crippen LogP contribution in [0.2, 0.25) is 0 Å². The van der Waals surface area contributed by atoms with Gasteiger partial charge in [0.25, 0.3) is 0 Å². The fourth-order valence-electron chi connectivity index (χ4n) is 8.72. The van der Waals surface area contributed by atoms with Crippen molar-refractivity contribution in [2.24, 2.45) is 0 Å². The molecule has 0 N–H and O–H groups in total. The maximum Gasteiger partial charge on any atom is 0.306 e. The van der Waals surface area contributed by atoms with E-state index in [9.17, 15) is 14.4 Å². The smallest absolute Gasteiger partial charge is 0.306 e. The lowest BCUT2D eigenvalue weighted by molar-refractivity contribution is -0.166. The van der Waals surface area contributed by atoms with Crippen LogP contribution in [-0.4, -0.2) is 37.2 Å². The first-order chi connectivity index (χ1) is 36.0. The minimum absolute atomic E-state index is 0.100. The average molecular weight is 1020 g/mol. The normalized spacial score (nSPS) is 12.6. The molecule has 0 aromatic rings. The van der Waals surface area contributed by atoms with Crippen LogP contribution in [0.5, 0.6) is 0 Å². The molecule has 0 bridgehead atoms. The molecule has 0 aromatic heterocycles. The van der Waals surface area contributed by atoms with E-state index in [1.165, 1.54) is 173 Å². The van der Waals surface area contributed by atoms with Gasteiger partial charge in [0, 0.05) is 19.3 Å². The van der Waals surface area contributed by atoms with Crippen molar-refractivity contribution in [2.45, 2.75) is 309 Å². The molecule has 0 saturated heterocycles. The molecule has 0 amide bonds. The van der Waals surface area contributed by atoms with Gasteiger partial charge in [-0.3, -0.25) is 14.4 Å². The third-order valence-electron chi connectivity index (χ3n) is 13.4. The minimum Gasteiger partial charge on any atom is -0.462 e. The summed E-state index contributed by atoms with van der Waals surface area (Å²) in [6, 6.07) is 0. The molecule has 6 heteroatoms. The number of hydrogen-bond donors (Lipinski definition) is 0. The minimum atomic E-state index is -0.809. The van der Waals surface area contributed by atoms with Gasteiger partial charge >= 0.3 is 17.9 Å². The van der Waals surface area contributed by atoms with Crippen molar-refractivity contribution in [3.05, 3.63) is 85.1 Å². The second kappa shape index (κ2) is 61.1. The molecule has 73 heavy (non-hydrogen) atoms. The van der Waals surface area contributed by atoms with Crippen LogP contribution in [0.1, 0.15) is 303 Å². The van der Waals surface area contributed by atoms with Crippen LogP contribution in [0.3, 0.4) is 0 Å². The van der Waals surface area contributed by atoms with E-state index < -0.39 is 6.10 Å². The Morgan fingerprint density at radius 3 is 0.932 bits per heavy atom. The summed E-state index contributed by atoms with van der Waals surface area (Å²) in [5.41, 5.74) is 0. The Morgan fingerprint density at radius 2 is 0.562 bits per heavy atom. The Bertz CT molecular complexity index is 1400. The van der Waals surface area contributed by atoms with Gasteiger partial charge in [0.15, 0.2) is 6.10 Å². The molecule has 0 rings (SSSR count). The van der Waals surface area contributed by atoms with Crippen molar-refractivity contribution < 1.29 is 28.6 Å². The predicted octanol–water partition coefficient (Wildman–Crippen LogP) is 21.1. The molecule has 0 fully saturated rings. The quantitative estimate of drug-likeness (QED) is 0.0261. The third kappa shape index (κ3) is 59.3. The van der Waals surface area contributed by atoms with Crippen molar-refractivity contribution in [2.75, 3.05) is 13.2 Å². The van der Waals surface area contributed by atoms with Crippen LogP contribution < -0.4 is 0 Å². The molecule has 0 spiro atoms. The Labute approximate surface area is 452 Å². The molecule has 0 aromatic carbocycles. The first-order valence-electron chi connectivity index (χ1n) is 31.1. The van der Waals surface area contributed by atoms with Crippen LogP contribution >= 0.6 is 0 Å². The average Bonchev–Trinajstić information content (AvgIpc) is 3.39. The number of unbranched alkanes of at least 4 members (excludes halogenated alkanes) is 31. The summed E-state index contributed by atoms with van der Waals surface area (Å²) < 4.78 is 16.8. The number of allylic oxidation sites excluding steroid dienone is 14. The Balaban J connectivity index is 4.28. The zero-order chi connectivity index (χ0) is 52.9. The summed E-state index contributed by atoms with van der Waals surface area (Å²) in [5.74, 6) is -0.986. The van der Waals surface area contributed by atoms with E-state index in [1.54, 1.807) is 0 Å². The number of ether oxygens (including phenoxy) is 3. The van der Waals surface area contributed by atoms with Crippen molar-refractivity contribution >= 4 is 17.9 Å². The zero-order valence-corrected chi connectivity index (χ0v) is 48.1. The molecular formula is C67H116O6. The number of hydrogen-bond acceptors (Lipinski definition) is 6. The Hall–Kier alpha value is -3.41. The molecule has 1 atom stereocenters. The van der Waals surface area contributed by atoms with E-state index in [0.29, 0.717) is 19.3 Å². The van der Waals surface area contributed by atoms with E-state index in [-0.39, 0.29) is 37.5 Å². The van der Waals surface area contributed by atoms with Gasteiger partial charge in [0.05, 0.1) is 0 Å². The topological polar surface area (TPSA) is 78.9 Å². The zero-order valence-electron chi connectivity index (χ0n) is 48.1. The van der Waals surface area contributed by atoms with Gasteiger partial charge in [-0.2, -0.15) is 0 Å². The fraction of sp³-hybridized carbons (Fsp3) is 0.746. The van der Waals surface area contributed by atoms with E-state index in [2.05, 4.69) is 99.8 Å². The van der Waals surface area contributed by atoms with Crippen LogP contribution in [-0.2, 0) is 28.6 Å². The third-order valence-corrected chi connectivity index (χ3v) is 13.4. The lowest BCUT2D eigenvalue weighted by Gasteiger charge is -2.18. The molecular weight excluding hydrogens is 901 g/mol. The van der Waals surface area contributed by atoms with Gasteiger partial charge in [-0.1, -0.05) is 266 Å². The maximum atomic E-state index is 12.9. The van der Waals surface area contributed by atoms with E-state index in [0.717, 1.165) is 83.5 Å². The summed E-state index contributed by atoms with van der Waals surface area (Å²) in [7, 11) is 0. The van der Waals surface area contributed by atoms with E-state index in [1.807, 2.05) is 6.08 Å². The van der Waals surface area contributed by atoms with Crippen molar-refractivity contribution in [1.29, 1.82) is 0 Å². The van der Waals surface area contributed by atoms with Crippen molar-refractivity contribution in [1.82, 2.24) is 0 Å². The lowest BCUT2D eigenvalue weighted by Crippen LogP contribution is -2.30. The molecule has 0 saturated carbocycles. The van der Waals surface area contributed by atoms with Gasteiger partial charge in [-0.05, 0) is 103 Å². The molecule has 0 aliphatic heterocycles. The first kappa shape index (κ1) is 69.6. The molecule has 6 nitrogen and oxygen atoms in total. The largest absolute Gasteiger partial charge is 0.462 e. The van der Waals surface area contributed by atoms with Gasteiger partial charge < -0.3 is 14.2 Å². The second-order valence-corrected chi connectivity index (χ2v) is 20.6. The summed E-state index contributed by atoms with van der Waals surface area (Å²) in [6.45, 7) is 6.46. The summed E-state index contributed by atoms with van der Waals surface area (Å²) in [6.07, 6.45) is 80.4.